The number of rotatable bonds is 7. The molecule has 3 aromatic heterocycles. The van der Waals surface area contributed by atoms with E-state index in [1.54, 1.807) is 24.3 Å². The van der Waals surface area contributed by atoms with Crippen molar-refractivity contribution < 1.29 is 14.0 Å². The molecule has 0 saturated heterocycles. The predicted octanol–water partition coefficient (Wildman–Crippen LogP) is 4.68. The monoisotopic (exact) mass is 456 g/mol. The second-order valence-corrected chi connectivity index (χ2v) is 7.20. The highest BCUT2D eigenvalue weighted by Gasteiger charge is 2.13. The summed E-state index contributed by atoms with van der Waals surface area (Å²) in [5.41, 5.74) is 5.93. The molecule has 2 aromatic carbocycles. The van der Waals surface area contributed by atoms with Crippen molar-refractivity contribution in [1.29, 1.82) is 0 Å². The van der Waals surface area contributed by atoms with Crippen LogP contribution in [0.3, 0.4) is 0 Å². The summed E-state index contributed by atoms with van der Waals surface area (Å²) in [7, 11) is 0. The van der Waals surface area contributed by atoms with Crippen molar-refractivity contribution in [2.24, 2.45) is 5.10 Å². The Balaban J connectivity index is 1.35. The third-order valence-corrected chi connectivity index (χ3v) is 4.75. The van der Waals surface area contributed by atoms with Crippen LogP contribution in [-0.2, 0) is 0 Å². The van der Waals surface area contributed by atoms with Crippen molar-refractivity contribution in [3.8, 4) is 11.3 Å². The molecule has 2 N–H and O–H groups in total. The molecule has 0 bridgehead atoms. The van der Waals surface area contributed by atoms with Crippen LogP contribution in [0.5, 0.6) is 0 Å². The van der Waals surface area contributed by atoms with E-state index in [1.807, 2.05) is 31.2 Å². The molecular formula is C22H16N8O4. The van der Waals surface area contributed by atoms with Gasteiger partial charge in [-0.2, -0.15) is 10.1 Å². The molecule has 12 heteroatoms. The Morgan fingerprint density at radius 1 is 1.00 bits per heavy atom. The Kier molecular flexibility index (Phi) is 5.36. The summed E-state index contributed by atoms with van der Waals surface area (Å²) in [5, 5.41) is 25.7. The Bertz CT molecular complexity index is 1510. The molecule has 0 saturated carbocycles. The molecular weight excluding hydrogens is 440 g/mol. The normalized spacial score (nSPS) is 11.2. The first kappa shape index (κ1) is 20.8. The fourth-order valence-electron chi connectivity index (χ4n) is 3.14. The van der Waals surface area contributed by atoms with Crippen molar-refractivity contribution >= 4 is 40.5 Å². The minimum absolute atomic E-state index is 0.0109. The van der Waals surface area contributed by atoms with Crippen molar-refractivity contribution in [3.63, 3.8) is 0 Å². The lowest BCUT2D eigenvalue weighted by Crippen LogP contribution is -2.03. The number of nitrogens with zero attached hydrogens (tertiary/aromatic N) is 6. The van der Waals surface area contributed by atoms with Gasteiger partial charge in [-0.3, -0.25) is 15.5 Å². The molecule has 3 heterocycles. The van der Waals surface area contributed by atoms with Crippen molar-refractivity contribution in [2.75, 3.05) is 10.7 Å². The van der Waals surface area contributed by atoms with Crippen molar-refractivity contribution in [2.45, 2.75) is 6.92 Å². The van der Waals surface area contributed by atoms with E-state index in [-0.39, 0.29) is 17.0 Å². The molecule has 12 nitrogen and oxygen atoms in total. The SMILES string of the molecule is Cc1cccc(Nc2nc3nonc3nc2N/N=C/c2ccc(-c3ccc([N+](=O)[O-])cc3)o2)c1. The molecule has 0 atom stereocenters. The maximum atomic E-state index is 10.8. The van der Waals surface area contributed by atoms with Gasteiger partial charge in [-0.15, -0.1) is 0 Å². The number of aromatic nitrogens is 4. The largest absolute Gasteiger partial charge is 0.455 e. The highest BCUT2D eigenvalue weighted by Crippen LogP contribution is 2.25. The smallest absolute Gasteiger partial charge is 0.269 e. The van der Waals surface area contributed by atoms with E-state index in [0.29, 0.717) is 28.7 Å². The van der Waals surface area contributed by atoms with E-state index < -0.39 is 4.92 Å². The molecule has 0 aliphatic rings. The molecule has 168 valence electrons. The molecule has 0 unspecified atom stereocenters. The van der Waals surface area contributed by atoms with E-state index >= 15 is 0 Å². The van der Waals surface area contributed by atoms with Gasteiger partial charge in [-0.05, 0) is 59.2 Å². The summed E-state index contributed by atoms with van der Waals surface area (Å²) in [6.07, 6.45) is 1.47. The standard InChI is InChI=1S/C22H16N8O4/c1-13-3-2-4-15(11-13)24-19-20(26-22-21(25-19)28-34-29-22)27-23-12-17-9-10-18(33-17)14-5-7-16(8-6-14)30(31)32/h2-12H,1H3,(H,24,25,28)(H,26,27,29)/b23-12+. The molecule has 5 aromatic rings. The highest BCUT2D eigenvalue weighted by molar-refractivity contribution is 5.80. The molecule has 0 spiro atoms. The number of nitrogens with one attached hydrogen (secondary N) is 2. The van der Waals surface area contributed by atoms with Crippen LogP contribution in [0.25, 0.3) is 22.6 Å². The molecule has 5 rings (SSSR count). The number of furan rings is 1. The van der Waals surface area contributed by atoms with Gasteiger partial charge >= 0.3 is 0 Å². The number of non-ortho nitro benzene ring substituents is 1. The van der Waals surface area contributed by atoms with Gasteiger partial charge in [0.25, 0.3) is 5.69 Å². The second-order valence-electron chi connectivity index (χ2n) is 7.20. The zero-order valence-electron chi connectivity index (χ0n) is 17.7. The zero-order chi connectivity index (χ0) is 23.5. The lowest BCUT2D eigenvalue weighted by Gasteiger charge is -2.09. The Morgan fingerprint density at radius 2 is 1.76 bits per heavy atom. The lowest BCUT2D eigenvalue weighted by atomic mass is 10.1. The van der Waals surface area contributed by atoms with Crippen LogP contribution in [0.1, 0.15) is 11.3 Å². The van der Waals surface area contributed by atoms with Crippen LogP contribution in [0.15, 0.2) is 74.8 Å². The minimum atomic E-state index is -0.451. The van der Waals surface area contributed by atoms with Crippen molar-refractivity contribution in [3.05, 3.63) is 82.1 Å². The maximum absolute atomic E-state index is 10.8. The second kappa shape index (κ2) is 8.78. The first-order chi connectivity index (χ1) is 16.5. The van der Waals surface area contributed by atoms with E-state index in [1.165, 1.54) is 18.3 Å². The number of hydrazone groups is 1. The zero-order valence-corrected chi connectivity index (χ0v) is 17.7. The first-order valence-electron chi connectivity index (χ1n) is 10.0. The topological polar surface area (TPSA) is 157 Å². The number of nitro benzene ring substituents is 1. The quantitative estimate of drug-likeness (QED) is 0.200. The Labute approximate surface area is 191 Å². The summed E-state index contributed by atoms with van der Waals surface area (Å²) in [5.74, 6) is 1.71. The Morgan fingerprint density at radius 3 is 2.50 bits per heavy atom. The minimum Gasteiger partial charge on any atom is -0.455 e. The molecule has 0 radical (unpaired) electrons. The lowest BCUT2D eigenvalue weighted by molar-refractivity contribution is -0.384. The molecule has 0 aliphatic heterocycles. The summed E-state index contributed by atoms with van der Waals surface area (Å²) in [4.78, 5) is 19.1. The number of anilines is 3. The molecule has 0 fully saturated rings. The van der Waals surface area contributed by atoms with Gasteiger partial charge in [0.05, 0.1) is 11.1 Å². The summed E-state index contributed by atoms with van der Waals surface area (Å²) < 4.78 is 10.5. The van der Waals surface area contributed by atoms with Gasteiger partial charge in [0, 0.05) is 23.4 Å². The van der Waals surface area contributed by atoms with Crippen LogP contribution in [0.2, 0.25) is 0 Å². The third-order valence-electron chi connectivity index (χ3n) is 4.75. The van der Waals surface area contributed by atoms with Gasteiger partial charge in [-0.1, -0.05) is 12.1 Å². The number of fused-ring (bicyclic) bond motifs is 1. The van der Waals surface area contributed by atoms with Crippen LogP contribution in [-0.4, -0.2) is 31.4 Å². The number of hydrogen-bond acceptors (Lipinski definition) is 11. The van der Waals surface area contributed by atoms with E-state index in [4.69, 9.17) is 9.05 Å². The fourth-order valence-corrected chi connectivity index (χ4v) is 3.14. The summed E-state index contributed by atoms with van der Waals surface area (Å²) >= 11 is 0. The molecule has 0 aliphatic carbocycles. The maximum Gasteiger partial charge on any atom is 0.269 e. The van der Waals surface area contributed by atoms with Gasteiger partial charge in [-0.25, -0.2) is 9.61 Å². The van der Waals surface area contributed by atoms with Gasteiger partial charge in [0.1, 0.15) is 11.5 Å². The van der Waals surface area contributed by atoms with Crippen molar-refractivity contribution in [1.82, 2.24) is 20.3 Å². The Hall–Kier alpha value is -5.13. The van der Waals surface area contributed by atoms with Gasteiger partial charge in [0.2, 0.25) is 11.3 Å². The molecule has 34 heavy (non-hydrogen) atoms. The van der Waals surface area contributed by atoms with Crippen LogP contribution < -0.4 is 10.7 Å². The van der Waals surface area contributed by atoms with Gasteiger partial charge in [0.15, 0.2) is 11.6 Å². The van der Waals surface area contributed by atoms with E-state index in [0.717, 1.165) is 11.3 Å². The van der Waals surface area contributed by atoms with E-state index in [9.17, 15) is 10.1 Å². The number of benzene rings is 2. The van der Waals surface area contributed by atoms with Crippen LogP contribution >= 0.6 is 0 Å². The third kappa shape index (κ3) is 4.41. The fraction of sp³-hybridized carbons (Fsp3) is 0.0455. The average Bonchev–Trinajstić information content (AvgIpc) is 3.48. The number of hydrogen-bond donors (Lipinski definition) is 2. The highest BCUT2D eigenvalue weighted by atomic mass is 16.6. The van der Waals surface area contributed by atoms with Gasteiger partial charge < -0.3 is 9.73 Å². The van der Waals surface area contributed by atoms with Crippen LogP contribution in [0.4, 0.5) is 23.0 Å². The summed E-state index contributed by atoms with van der Waals surface area (Å²) in [6, 6.07) is 17.3. The molecule has 0 amide bonds. The average molecular weight is 456 g/mol. The summed E-state index contributed by atoms with van der Waals surface area (Å²) in [6.45, 7) is 1.99. The first-order valence-corrected chi connectivity index (χ1v) is 10.0. The number of aryl methyl sites for hydroxylation is 1. The van der Waals surface area contributed by atoms with Crippen LogP contribution in [0, 0.1) is 17.0 Å². The van der Waals surface area contributed by atoms with E-state index in [2.05, 4.69) is 36.1 Å². The predicted molar refractivity (Wildman–Crippen MR) is 124 cm³/mol. The number of nitro groups is 1.